The van der Waals surface area contributed by atoms with Crippen LogP contribution in [0.1, 0.15) is 0 Å². The average Bonchev–Trinajstić information content (AvgIpc) is 3.45. The first-order chi connectivity index (χ1) is 14.2. The molecule has 6 aromatic rings. The molecule has 6 rings (SSSR count). The first kappa shape index (κ1) is 16.6. The van der Waals surface area contributed by atoms with Crippen molar-refractivity contribution in [2.75, 3.05) is 5.32 Å². The molecule has 0 atom stereocenters. The van der Waals surface area contributed by atoms with Gasteiger partial charge in [-0.25, -0.2) is 4.98 Å². The van der Waals surface area contributed by atoms with Crippen molar-refractivity contribution in [3.63, 3.8) is 0 Å². The van der Waals surface area contributed by atoms with Gasteiger partial charge in [0, 0.05) is 57.4 Å². The van der Waals surface area contributed by atoms with Crippen LogP contribution >= 0.6 is 22.7 Å². The Balaban J connectivity index is 1.47. The van der Waals surface area contributed by atoms with Gasteiger partial charge in [-0.1, -0.05) is 0 Å². The van der Waals surface area contributed by atoms with Gasteiger partial charge in [-0.05, 0) is 41.8 Å². The number of rotatable bonds is 3. The summed E-state index contributed by atoms with van der Waals surface area (Å²) in [5.41, 5.74) is 8.27. The van der Waals surface area contributed by atoms with E-state index in [0.717, 1.165) is 33.4 Å². The number of hydrogen-bond acceptors (Lipinski definition) is 6. The Bertz CT molecular complexity index is 1510. The Labute approximate surface area is 174 Å². The number of thiophene rings is 1. The second-order valence-electron chi connectivity index (χ2n) is 6.94. The van der Waals surface area contributed by atoms with Crippen LogP contribution in [0.5, 0.6) is 0 Å². The largest absolute Gasteiger partial charge is 0.355 e. The van der Waals surface area contributed by atoms with Crippen molar-refractivity contribution >= 4 is 65.3 Å². The zero-order chi connectivity index (χ0) is 19.4. The van der Waals surface area contributed by atoms with Crippen LogP contribution in [0.15, 0.2) is 65.9 Å². The first-order valence-corrected chi connectivity index (χ1v) is 10.9. The minimum atomic E-state index is 0.973. The molecule has 1 N–H and O–H groups in total. The molecule has 0 bridgehead atoms. The van der Waals surface area contributed by atoms with Crippen molar-refractivity contribution < 1.29 is 0 Å². The highest BCUT2D eigenvalue weighted by atomic mass is 32.1. The van der Waals surface area contributed by atoms with E-state index in [2.05, 4.69) is 56.1 Å². The lowest BCUT2D eigenvalue weighted by Crippen LogP contribution is -1.92. The maximum Gasteiger partial charge on any atom is 0.0832 e. The van der Waals surface area contributed by atoms with Gasteiger partial charge in [0.05, 0.1) is 27.4 Å². The van der Waals surface area contributed by atoms with Gasteiger partial charge in [0.2, 0.25) is 0 Å². The number of hydrogen-bond donors (Lipinski definition) is 1. The van der Waals surface area contributed by atoms with Crippen LogP contribution in [0.3, 0.4) is 0 Å². The Hall–Kier alpha value is -3.29. The number of nitrogens with zero attached hydrogens (tertiary/aromatic N) is 4. The lowest BCUT2D eigenvalue weighted by molar-refractivity contribution is 0.768. The number of aryl methyl sites for hydroxylation is 1. The van der Waals surface area contributed by atoms with E-state index in [9.17, 15) is 0 Å². The number of fused-ring (bicyclic) bond motifs is 3. The molecule has 140 valence electrons. The molecule has 0 aliphatic carbocycles. The fraction of sp³-hybridized carbons (Fsp3) is 0.0455. The molecule has 0 spiro atoms. The molecule has 0 fully saturated rings. The Kier molecular flexibility index (Phi) is 3.65. The highest BCUT2D eigenvalue weighted by molar-refractivity contribution is 7.18. The minimum absolute atomic E-state index is 0.973. The third kappa shape index (κ3) is 2.78. The van der Waals surface area contributed by atoms with E-state index >= 15 is 0 Å². The summed E-state index contributed by atoms with van der Waals surface area (Å²) in [6.45, 7) is 0. The number of nitrogens with one attached hydrogen (secondary N) is 1. The molecule has 7 heteroatoms. The summed E-state index contributed by atoms with van der Waals surface area (Å²) in [5.74, 6) is 0. The van der Waals surface area contributed by atoms with Crippen molar-refractivity contribution in [2.45, 2.75) is 0 Å². The number of thiazole rings is 1. The summed E-state index contributed by atoms with van der Waals surface area (Å²) in [5, 5.41) is 12.4. The highest BCUT2D eigenvalue weighted by Gasteiger charge is 2.12. The van der Waals surface area contributed by atoms with E-state index in [4.69, 9.17) is 0 Å². The zero-order valence-electron chi connectivity index (χ0n) is 15.5. The van der Waals surface area contributed by atoms with Crippen LogP contribution in [0.25, 0.3) is 42.3 Å². The smallest absolute Gasteiger partial charge is 0.0832 e. The van der Waals surface area contributed by atoms with E-state index in [1.807, 2.05) is 41.9 Å². The van der Waals surface area contributed by atoms with Crippen molar-refractivity contribution in [2.24, 2.45) is 7.05 Å². The van der Waals surface area contributed by atoms with Gasteiger partial charge in [-0.15, -0.1) is 22.7 Å². The van der Waals surface area contributed by atoms with Crippen molar-refractivity contribution in [1.29, 1.82) is 0 Å². The third-order valence-corrected chi connectivity index (χ3v) is 6.82. The van der Waals surface area contributed by atoms with Crippen LogP contribution in [0, 0.1) is 0 Å². The molecule has 4 aromatic heterocycles. The van der Waals surface area contributed by atoms with Gasteiger partial charge in [0.25, 0.3) is 0 Å². The van der Waals surface area contributed by atoms with Gasteiger partial charge in [-0.2, -0.15) is 5.10 Å². The molecule has 0 saturated carbocycles. The summed E-state index contributed by atoms with van der Waals surface area (Å²) in [7, 11) is 1.94. The average molecular weight is 414 g/mol. The lowest BCUT2D eigenvalue weighted by Gasteiger charge is -2.10. The zero-order valence-corrected chi connectivity index (χ0v) is 17.1. The van der Waals surface area contributed by atoms with E-state index in [0.29, 0.717) is 0 Å². The van der Waals surface area contributed by atoms with Crippen LogP contribution < -0.4 is 5.32 Å². The molecule has 0 radical (unpaired) electrons. The van der Waals surface area contributed by atoms with Gasteiger partial charge in [-0.3, -0.25) is 9.67 Å². The van der Waals surface area contributed by atoms with Crippen LogP contribution in [0.2, 0.25) is 0 Å². The van der Waals surface area contributed by atoms with Gasteiger partial charge < -0.3 is 5.32 Å². The number of pyridine rings is 1. The van der Waals surface area contributed by atoms with E-state index in [-0.39, 0.29) is 0 Å². The van der Waals surface area contributed by atoms with Crippen molar-refractivity contribution in [1.82, 2.24) is 19.7 Å². The quantitative estimate of drug-likeness (QED) is 0.375. The summed E-state index contributed by atoms with van der Waals surface area (Å²) in [4.78, 5) is 9.05. The molecule has 0 saturated heterocycles. The van der Waals surface area contributed by atoms with E-state index < -0.39 is 0 Å². The SMILES string of the molecule is Cn1cc(-c2csc3cc4c(Nc5ccc6scnc6c5)ccnc4cc23)cn1. The van der Waals surface area contributed by atoms with Crippen molar-refractivity contribution in [3.05, 3.63) is 65.9 Å². The van der Waals surface area contributed by atoms with Crippen LogP contribution in [-0.2, 0) is 7.05 Å². The van der Waals surface area contributed by atoms with Gasteiger partial charge in [0.15, 0.2) is 0 Å². The monoisotopic (exact) mass is 413 g/mol. The van der Waals surface area contributed by atoms with E-state index in [1.165, 1.54) is 20.3 Å². The van der Waals surface area contributed by atoms with Gasteiger partial charge in [0.1, 0.15) is 0 Å². The maximum absolute atomic E-state index is 4.63. The topological polar surface area (TPSA) is 55.6 Å². The summed E-state index contributed by atoms with van der Waals surface area (Å²) < 4.78 is 4.26. The predicted octanol–water partition coefficient (Wildman–Crippen LogP) is 6.20. The molecular weight excluding hydrogens is 398 g/mol. The van der Waals surface area contributed by atoms with Crippen LogP contribution in [-0.4, -0.2) is 19.7 Å². The second kappa shape index (κ2) is 6.37. The summed E-state index contributed by atoms with van der Waals surface area (Å²) >= 11 is 3.40. The number of anilines is 2. The Morgan fingerprint density at radius 3 is 2.79 bits per heavy atom. The predicted molar refractivity (Wildman–Crippen MR) is 122 cm³/mol. The standard InChI is InChI=1S/C22H15N5S2/c1-27-10-13(9-25-27)17-11-28-22-8-16-18(4-5-23-19(16)7-15(17)22)26-14-2-3-21-20(6-14)24-12-29-21/h2-12H,1H3,(H,23,26). The van der Waals surface area contributed by atoms with E-state index in [1.54, 1.807) is 22.7 Å². The Morgan fingerprint density at radius 1 is 0.931 bits per heavy atom. The highest BCUT2D eigenvalue weighted by Crippen LogP contribution is 2.38. The molecule has 29 heavy (non-hydrogen) atoms. The molecule has 0 aliphatic heterocycles. The minimum Gasteiger partial charge on any atom is -0.355 e. The molecule has 2 aromatic carbocycles. The summed E-state index contributed by atoms with van der Waals surface area (Å²) in [6.07, 6.45) is 5.81. The summed E-state index contributed by atoms with van der Waals surface area (Å²) in [6, 6.07) is 12.7. The molecule has 4 heterocycles. The number of benzene rings is 2. The normalized spacial score (nSPS) is 11.6. The molecule has 0 aliphatic rings. The molecular formula is C22H15N5S2. The van der Waals surface area contributed by atoms with Crippen LogP contribution in [0.4, 0.5) is 11.4 Å². The Morgan fingerprint density at radius 2 is 1.90 bits per heavy atom. The fourth-order valence-corrected chi connectivity index (χ4v) is 5.30. The maximum atomic E-state index is 4.63. The molecule has 5 nitrogen and oxygen atoms in total. The first-order valence-electron chi connectivity index (χ1n) is 9.14. The second-order valence-corrected chi connectivity index (χ2v) is 8.73. The lowest BCUT2D eigenvalue weighted by atomic mass is 10.1. The molecule has 0 amide bonds. The number of aromatic nitrogens is 4. The molecule has 0 unspecified atom stereocenters. The van der Waals surface area contributed by atoms with Gasteiger partial charge >= 0.3 is 0 Å². The fourth-order valence-electron chi connectivity index (χ4n) is 3.65. The van der Waals surface area contributed by atoms with Crippen molar-refractivity contribution in [3.8, 4) is 11.1 Å². The third-order valence-electron chi connectivity index (χ3n) is 5.06.